The molecule has 19 heavy (non-hydrogen) atoms. The Morgan fingerprint density at radius 2 is 1.47 bits per heavy atom. The number of hydrogen-bond acceptors (Lipinski definition) is 1. The molecule has 0 radical (unpaired) electrons. The number of halogens is 1. The van der Waals surface area contributed by atoms with Crippen LogP contribution in [0.2, 0.25) is 0 Å². The summed E-state index contributed by atoms with van der Waals surface area (Å²) < 4.78 is 13.2. The Balaban J connectivity index is 1.79. The van der Waals surface area contributed by atoms with Gasteiger partial charge >= 0.3 is 0 Å². The average Bonchev–Trinajstić information content (AvgIpc) is 2.40. The highest BCUT2D eigenvalue weighted by molar-refractivity contribution is 5.30. The molecule has 4 aliphatic rings. The van der Waals surface area contributed by atoms with Gasteiger partial charge in [0.05, 0.1) is 0 Å². The van der Waals surface area contributed by atoms with Gasteiger partial charge in [-0.05, 0) is 80.5 Å². The molecule has 1 N–H and O–H groups in total. The van der Waals surface area contributed by atoms with Crippen LogP contribution in [0.25, 0.3) is 0 Å². The lowest BCUT2D eigenvalue weighted by atomic mass is 9.47. The van der Waals surface area contributed by atoms with Crippen LogP contribution in [-0.2, 0) is 5.54 Å². The largest absolute Gasteiger partial charge is 0.310 e. The summed E-state index contributed by atoms with van der Waals surface area (Å²) in [5, 5.41) is 3.67. The first kappa shape index (κ1) is 11.9. The van der Waals surface area contributed by atoms with E-state index >= 15 is 0 Å². The Labute approximate surface area is 114 Å². The third kappa shape index (κ3) is 1.56. The van der Waals surface area contributed by atoms with Crippen molar-refractivity contribution in [2.75, 3.05) is 7.05 Å². The van der Waals surface area contributed by atoms with Crippen LogP contribution in [0.1, 0.15) is 37.7 Å². The van der Waals surface area contributed by atoms with E-state index in [4.69, 9.17) is 0 Å². The summed E-state index contributed by atoms with van der Waals surface area (Å²) in [5.74, 6) is 3.30. The van der Waals surface area contributed by atoms with Crippen molar-refractivity contribution in [3.63, 3.8) is 0 Å². The summed E-state index contributed by atoms with van der Waals surface area (Å²) in [6.07, 6.45) is 6.93. The van der Waals surface area contributed by atoms with E-state index in [1.807, 2.05) is 12.1 Å². The van der Waals surface area contributed by atoms with Gasteiger partial charge in [0.1, 0.15) is 5.82 Å². The zero-order chi connectivity index (χ0) is 13.0. The van der Waals surface area contributed by atoms with Crippen molar-refractivity contribution >= 4 is 0 Å². The second-order valence-electron chi connectivity index (χ2n) is 6.93. The van der Waals surface area contributed by atoms with E-state index in [0.717, 1.165) is 23.7 Å². The van der Waals surface area contributed by atoms with Crippen LogP contribution in [0.4, 0.5) is 4.39 Å². The first-order chi connectivity index (χ1) is 9.22. The summed E-state index contributed by atoms with van der Waals surface area (Å²) in [5.41, 5.74) is 1.42. The topological polar surface area (TPSA) is 12.0 Å². The van der Waals surface area contributed by atoms with E-state index in [2.05, 4.69) is 12.4 Å². The Morgan fingerprint density at radius 3 is 1.95 bits per heavy atom. The maximum atomic E-state index is 13.2. The van der Waals surface area contributed by atoms with Gasteiger partial charge in [0.15, 0.2) is 0 Å². The van der Waals surface area contributed by atoms with Crippen molar-refractivity contribution in [3.8, 4) is 0 Å². The minimum atomic E-state index is -0.126. The molecule has 1 aromatic carbocycles. The second-order valence-corrected chi connectivity index (χ2v) is 6.93. The fourth-order valence-electron chi connectivity index (χ4n) is 5.68. The Hall–Kier alpha value is -0.890. The molecule has 0 heterocycles. The quantitative estimate of drug-likeness (QED) is 0.854. The number of rotatable bonds is 2. The van der Waals surface area contributed by atoms with Gasteiger partial charge in [0, 0.05) is 5.54 Å². The highest BCUT2D eigenvalue weighted by atomic mass is 19.1. The van der Waals surface area contributed by atoms with Crippen LogP contribution in [0.5, 0.6) is 0 Å². The fraction of sp³-hybridized carbons (Fsp3) is 0.647. The molecule has 102 valence electrons. The van der Waals surface area contributed by atoms with E-state index < -0.39 is 0 Å². The molecular weight excluding hydrogens is 237 g/mol. The smallest absolute Gasteiger partial charge is 0.123 e. The van der Waals surface area contributed by atoms with Crippen LogP contribution < -0.4 is 5.32 Å². The second kappa shape index (κ2) is 4.05. The minimum absolute atomic E-state index is 0.112. The first-order valence-corrected chi connectivity index (χ1v) is 7.67. The van der Waals surface area contributed by atoms with Crippen molar-refractivity contribution in [2.45, 2.75) is 37.6 Å². The number of benzene rings is 1. The normalized spacial score (nSPS) is 43.7. The number of nitrogens with one attached hydrogen (secondary N) is 1. The number of hydrogen-bond donors (Lipinski definition) is 1. The van der Waals surface area contributed by atoms with Gasteiger partial charge in [-0.15, -0.1) is 0 Å². The first-order valence-electron chi connectivity index (χ1n) is 7.67. The van der Waals surface area contributed by atoms with Crippen molar-refractivity contribution < 1.29 is 4.39 Å². The highest BCUT2D eigenvalue weighted by Crippen LogP contribution is 2.61. The van der Waals surface area contributed by atoms with E-state index in [9.17, 15) is 4.39 Å². The molecule has 1 nitrogen and oxygen atoms in total. The monoisotopic (exact) mass is 259 g/mol. The van der Waals surface area contributed by atoms with Gasteiger partial charge in [-0.2, -0.15) is 0 Å². The summed E-state index contributed by atoms with van der Waals surface area (Å²) >= 11 is 0. The molecule has 0 aromatic heterocycles. The molecule has 0 spiro atoms. The third-order valence-corrected chi connectivity index (χ3v) is 6.16. The Bertz CT molecular complexity index is 451. The molecule has 4 saturated carbocycles. The lowest BCUT2D eigenvalue weighted by molar-refractivity contribution is -0.0744. The van der Waals surface area contributed by atoms with Crippen molar-refractivity contribution in [2.24, 2.45) is 23.7 Å². The molecule has 0 saturated heterocycles. The summed E-state index contributed by atoms with van der Waals surface area (Å²) in [6.45, 7) is 0. The SMILES string of the molecule is CNC1(c2ccc(F)cc2)C2CC3CC(C2)CC1C3. The summed E-state index contributed by atoms with van der Waals surface area (Å²) in [4.78, 5) is 0. The third-order valence-electron chi connectivity index (χ3n) is 6.16. The van der Waals surface area contributed by atoms with Gasteiger partial charge < -0.3 is 5.32 Å². The zero-order valence-electron chi connectivity index (χ0n) is 11.5. The lowest BCUT2D eigenvalue weighted by Crippen LogP contribution is -2.61. The maximum absolute atomic E-state index is 13.2. The van der Waals surface area contributed by atoms with Gasteiger partial charge in [0.2, 0.25) is 0 Å². The Morgan fingerprint density at radius 1 is 0.947 bits per heavy atom. The molecule has 4 aliphatic carbocycles. The van der Waals surface area contributed by atoms with Crippen LogP contribution in [0.15, 0.2) is 24.3 Å². The van der Waals surface area contributed by atoms with E-state index in [1.54, 1.807) is 12.1 Å². The fourth-order valence-corrected chi connectivity index (χ4v) is 5.68. The predicted octanol–water partition coefficient (Wildman–Crippen LogP) is 3.70. The molecule has 0 atom stereocenters. The molecule has 0 unspecified atom stereocenters. The molecule has 5 rings (SSSR count). The molecular formula is C17H22FN. The maximum Gasteiger partial charge on any atom is 0.123 e. The van der Waals surface area contributed by atoms with Gasteiger partial charge in [-0.1, -0.05) is 12.1 Å². The zero-order valence-corrected chi connectivity index (χ0v) is 11.5. The van der Waals surface area contributed by atoms with Gasteiger partial charge in [0.25, 0.3) is 0 Å². The van der Waals surface area contributed by atoms with Gasteiger partial charge in [-0.3, -0.25) is 0 Å². The van der Waals surface area contributed by atoms with E-state index in [1.165, 1.54) is 37.7 Å². The molecule has 1 aromatic rings. The average molecular weight is 259 g/mol. The van der Waals surface area contributed by atoms with Crippen LogP contribution >= 0.6 is 0 Å². The van der Waals surface area contributed by atoms with Crippen molar-refractivity contribution in [1.82, 2.24) is 5.32 Å². The lowest BCUT2D eigenvalue weighted by Gasteiger charge is -2.61. The molecule has 0 amide bonds. The van der Waals surface area contributed by atoms with Crippen LogP contribution in [-0.4, -0.2) is 7.05 Å². The summed E-state index contributed by atoms with van der Waals surface area (Å²) in [6, 6.07) is 7.27. The van der Waals surface area contributed by atoms with E-state index in [0.29, 0.717) is 0 Å². The molecule has 4 fully saturated rings. The van der Waals surface area contributed by atoms with Crippen LogP contribution in [0, 0.1) is 29.5 Å². The standard InChI is InChI=1S/C17H22FN/c1-19-17(13-2-4-16(18)5-3-13)14-7-11-6-12(9-14)10-15(17)8-11/h2-5,11-12,14-15,19H,6-10H2,1H3. The van der Waals surface area contributed by atoms with Crippen molar-refractivity contribution in [1.29, 1.82) is 0 Å². The molecule has 4 bridgehead atoms. The predicted molar refractivity (Wildman–Crippen MR) is 74.2 cm³/mol. The highest BCUT2D eigenvalue weighted by Gasteiger charge is 2.57. The summed E-state index contributed by atoms with van der Waals surface area (Å²) in [7, 11) is 2.10. The van der Waals surface area contributed by atoms with E-state index in [-0.39, 0.29) is 11.4 Å². The molecule has 2 heteroatoms. The Kier molecular flexibility index (Phi) is 2.54. The van der Waals surface area contributed by atoms with Crippen LogP contribution in [0.3, 0.4) is 0 Å². The van der Waals surface area contributed by atoms with Crippen molar-refractivity contribution in [3.05, 3.63) is 35.6 Å². The minimum Gasteiger partial charge on any atom is -0.310 e. The van der Waals surface area contributed by atoms with Gasteiger partial charge in [-0.25, -0.2) is 4.39 Å². The molecule has 0 aliphatic heterocycles.